The molecule has 1 rings (SSSR count). The Hall–Kier alpha value is -1.55. The first-order chi connectivity index (χ1) is 8.73. The van der Waals surface area contributed by atoms with Gasteiger partial charge in [-0.2, -0.15) is 0 Å². The zero-order valence-corrected chi connectivity index (χ0v) is 12.2. The van der Waals surface area contributed by atoms with Gasteiger partial charge < -0.3 is 16.2 Å². The maximum atomic E-state index is 12.2. The molecule has 0 radical (unpaired) electrons. The lowest BCUT2D eigenvalue weighted by molar-refractivity contribution is -0.120. The van der Waals surface area contributed by atoms with E-state index in [2.05, 4.69) is 26.1 Å². The summed E-state index contributed by atoms with van der Waals surface area (Å²) in [5, 5.41) is 12.5. The van der Waals surface area contributed by atoms with Gasteiger partial charge in [0.15, 0.2) is 0 Å². The molecule has 0 saturated heterocycles. The first-order valence-corrected chi connectivity index (χ1v) is 6.53. The molecular formula is C15H24N2O2. The van der Waals surface area contributed by atoms with Gasteiger partial charge in [0.05, 0.1) is 11.6 Å². The fourth-order valence-corrected chi connectivity index (χ4v) is 2.01. The molecule has 4 nitrogen and oxygen atoms in total. The molecule has 0 fully saturated rings. The van der Waals surface area contributed by atoms with E-state index < -0.39 is 0 Å². The van der Waals surface area contributed by atoms with Crippen LogP contribution in [0, 0.1) is 18.3 Å². The van der Waals surface area contributed by atoms with Crippen molar-refractivity contribution in [3.8, 4) is 5.75 Å². The van der Waals surface area contributed by atoms with Gasteiger partial charge in [0, 0.05) is 6.54 Å². The second-order valence-corrected chi connectivity index (χ2v) is 6.21. The number of hydrogen-bond acceptors (Lipinski definition) is 3. The second kappa shape index (κ2) is 6.06. The van der Waals surface area contributed by atoms with E-state index in [0.29, 0.717) is 18.7 Å². The van der Waals surface area contributed by atoms with Crippen molar-refractivity contribution in [2.75, 3.05) is 11.9 Å². The highest BCUT2D eigenvalue weighted by atomic mass is 16.3. The van der Waals surface area contributed by atoms with Crippen LogP contribution in [0.3, 0.4) is 0 Å². The number of benzene rings is 1. The second-order valence-electron chi connectivity index (χ2n) is 6.21. The predicted octanol–water partition coefficient (Wildman–Crippen LogP) is 2.65. The first-order valence-electron chi connectivity index (χ1n) is 6.53. The Balaban J connectivity index is 2.80. The third-order valence-corrected chi connectivity index (χ3v) is 2.92. The molecule has 0 aromatic heterocycles. The SMILES string of the molecule is Cc1ccc(O)c(NC(=O)C(CN)CC(C)(C)C)c1. The molecule has 0 aliphatic heterocycles. The number of aryl methyl sites for hydroxylation is 1. The van der Waals surface area contributed by atoms with E-state index in [-0.39, 0.29) is 23.0 Å². The zero-order chi connectivity index (χ0) is 14.6. The maximum Gasteiger partial charge on any atom is 0.228 e. The fourth-order valence-electron chi connectivity index (χ4n) is 2.01. The summed E-state index contributed by atoms with van der Waals surface area (Å²) in [7, 11) is 0. The average molecular weight is 264 g/mol. The summed E-state index contributed by atoms with van der Waals surface area (Å²) in [4.78, 5) is 12.2. The number of carbonyl (C=O) groups excluding carboxylic acids is 1. The van der Waals surface area contributed by atoms with Gasteiger partial charge in [-0.3, -0.25) is 4.79 Å². The van der Waals surface area contributed by atoms with E-state index in [1.807, 2.05) is 6.92 Å². The minimum atomic E-state index is -0.250. The number of carbonyl (C=O) groups is 1. The van der Waals surface area contributed by atoms with Gasteiger partial charge in [-0.05, 0) is 36.5 Å². The van der Waals surface area contributed by atoms with Gasteiger partial charge in [-0.1, -0.05) is 26.8 Å². The molecule has 106 valence electrons. The van der Waals surface area contributed by atoms with Crippen molar-refractivity contribution in [3.05, 3.63) is 23.8 Å². The molecule has 1 unspecified atom stereocenters. The molecule has 4 N–H and O–H groups in total. The topological polar surface area (TPSA) is 75.3 Å². The highest BCUT2D eigenvalue weighted by Gasteiger charge is 2.24. The standard InChI is InChI=1S/C15H24N2O2/c1-10-5-6-13(18)12(7-10)17-14(19)11(9-16)8-15(2,3)4/h5-7,11,18H,8-9,16H2,1-4H3,(H,17,19). The molecular weight excluding hydrogens is 240 g/mol. The number of nitrogens with one attached hydrogen (secondary N) is 1. The van der Waals surface area contributed by atoms with Crippen LogP contribution in [0.5, 0.6) is 5.75 Å². The summed E-state index contributed by atoms with van der Waals surface area (Å²) in [6, 6.07) is 5.12. The van der Waals surface area contributed by atoms with Crippen LogP contribution in [-0.2, 0) is 4.79 Å². The van der Waals surface area contributed by atoms with Crippen molar-refractivity contribution in [2.24, 2.45) is 17.1 Å². The Morgan fingerprint density at radius 1 is 1.42 bits per heavy atom. The number of aromatic hydroxyl groups is 1. The highest BCUT2D eigenvalue weighted by Crippen LogP contribution is 2.27. The number of anilines is 1. The molecule has 4 heteroatoms. The fraction of sp³-hybridized carbons (Fsp3) is 0.533. The van der Waals surface area contributed by atoms with Crippen LogP contribution >= 0.6 is 0 Å². The van der Waals surface area contributed by atoms with Gasteiger partial charge in [0.2, 0.25) is 5.91 Å². The number of hydrogen-bond donors (Lipinski definition) is 3. The normalized spacial score (nSPS) is 13.1. The van der Waals surface area contributed by atoms with Crippen LogP contribution < -0.4 is 11.1 Å². The number of phenolic OH excluding ortho intramolecular Hbond substituents is 1. The average Bonchev–Trinajstić information content (AvgIpc) is 2.29. The Morgan fingerprint density at radius 2 is 2.05 bits per heavy atom. The van der Waals surface area contributed by atoms with Crippen LogP contribution in [0.4, 0.5) is 5.69 Å². The van der Waals surface area contributed by atoms with E-state index in [1.165, 1.54) is 0 Å². The number of rotatable bonds is 4. The summed E-state index contributed by atoms with van der Waals surface area (Å²) in [5.74, 6) is -0.316. The number of nitrogens with two attached hydrogens (primary N) is 1. The third-order valence-electron chi connectivity index (χ3n) is 2.92. The number of amides is 1. The van der Waals surface area contributed by atoms with Gasteiger partial charge in [-0.15, -0.1) is 0 Å². The molecule has 1 atom stereocenters. The predicted molar refractivity (Wildman–Crippen MR) is 78.1 cm³/mol. The minimum absolute atomic E-state index is 0.0377. The zero-order valence-electron chi connectivity index (χ0n) is 12.2. The van der Waals surface area contributed by atoms with E-state index in [0.717, 1.165) is 5.56 Å². The highest BCUT2D eigenvalue weighted by molar-refractivity contribution is 5.94. The molecule has 19 heavy (non-hydrogen) atoms. The van der Waals surface area contributed by atoms with Crippen LogP contribution in [0.2, 0.25) is 0 Å². The summed E-state index contributed by atoms with van der Waals surface area (Å²) < 4.78 is 0. The van der Waals surface area contributed by atoms with Crippen molar-refractivity contribution in [2.45, 2.75) is 34.1 Å². The molecule has 1 aromatic rings. The smallest absolute Gasteiger partial charge is 0.228 e. The summed E-state index contributed by atoms with van der Waals surface area (Å²) >= 11 is 0. The van der Waals surface area contributed by atoms with Crippen molar-refractivity contribution < 1.29 is 9.90 Å². The van der Waals surface area contributed by atoms with Gasteiger partial charge in [0.25, 0.3) is 0 Å². The molecule has 0 spiro atoms. The van der Waals surface area contributed by atoms with Crippen LogP contribution in [-0.4, -0.2) is 17.6 Å². The summed E-state index contributed by atoms with van der Waals surface area (Å²) in [5.41, 5.74) is 7.14. The van der Waals surface area contributed by atoms with E-state index >= 15 is 0 Å². The molecule has 1 aromatic carbocycles. The number of phenols is 1. The van der Waals surface area contributed by atoms with Crippen molar-refractivity contribution >= 4 is 11.6 Å². The Bertz CT molecular complexity index is 450. The molecule has 0 bridgehead atoms. The Labute approximate surface area is 115 Å². The van der Waals surface area contributed by atoms with Crippen molar-refractivity contribution in [1.82, 2.24) is 0 Å². The van der Waals surface area contributed by atoms with Crippen molar-refractivity contribution in [3.63, 3.8) is 0 Å². The molecule has 1 amide bonds. The van der Waals surface area contributed by atoms with E-state index in [9.17, 15) is 9.90 Å². The molecule has 0 aliphatic carbocycles. The van der Waals surface area contributed by atoms with Gasteiger partial charge >= 0.3 is 0 Å². The van der Waals surface area contributed by atoms with Crippen LogP contribution in [0.1, 0.15) is 32.8 Å². The quantitative estimate of drug-likeness (QED) is 0.732. The first kappa shape index (κ1) is 15.5. The van der Waals surface area contributed by atoms with Crippen LogP contribution in [0.15, 0.2) is 18.2 Å². The largest absolute Gasteiger partial charge is 0.506 e. The van der Waals surface area contributed by atoms with Crippen LogP contribution in [0.25, 0.3) is 0 Å². The molecule has 0 heterocycles. The maximum absolute atomic E-state index is 12.2. The van der Waals surface area contributed by atoms with Crippen molar-refractivity contribution in [1.29, 1.82) is 0 Å². The van der Waals surface area contributed by atoms with E-state index in [1.54, 1.807) is 18.2 Å². The third kappa shape index (κ3) is 4.91. The lowest BCUT2D eigenvalue weighted by atomic mass is 9.84. The lowest BCUT2D eigenvalue weighted by Gasteiger charge is -2.24. The summed E-state index contributed by atoms with van der Waals surface area (Å²) in [6.45, 7) is 8.44. The minimum Gasteiger partial charge on any atom is -0.506 e. The van der Waals surface area contributed by atoms with Gasteiger partial charge in [-0.25, -0.2) is 0 Å². The molecule has 0 aliphatic rings. The Morgan fingerprint density at radius 3 is 2.58 bits per heavy atom. The summed E-state index contributed by atoms with van der Waals surface area (Å²) in [6.07, 6.45) is 0.710. The monoisotopic (exact) mass is 264 g/mol. The van der Waals surface area contributed by atoms with E-state index in [4.69, 9.17) is 5.73 Å². The lowest BCUT2D eigenvalue weighted by Crippen LogP contribution is -2.32. The molecule has 0 saturated carbocycles. The Kier molecular flexibility index (Phi) is 4.95. The van der Waals surface area contributed by atoms with Gasteiger partial charge in [0.1, 0.15) is 5.75 Å².